The monoisotopic (exact) mass is 558 g/mol. The number of nitrogens with zero attached hydrogens (tertiary/aromatic N) is 1. The summed E-state index contributed by atoms with van der Waals surface area (Å²) in [5, 5.41) is 19.6. The number of aromatic nitrogens is 2. The average molecular weight is 557 g/mol. The molecule has 0 saturated carbocycles. The molecular weight excluding hydrogens is 529 g/mol. The Bertz CT molecular complexity index is 1390. The molecule has 3 aromatic carbocycles. The molecule has 0 amide bonds. The number of hydrogen-bond donors (Lipinski definition) is 3. The zero-order chi connectivity index (χ0) is 25.8. The van der Waals surface area contributed by atoms with Gasteiger partial charge in [-0.2, -0.15) is 0 Å². The molecule has 37 heavy (non-hydrogen) atoms. The number of ether oxygens (including phenoxy) is 1. The van der Waals surface area contributed by atoms with E-state index in [9.17, 15) is 19.8 Å². The zero-order valence-corrected chi connectivity index (χ0v) is 22.2. The van der Waals surface area contributed by atoms with Crippen LogP contribution in [0.25, 0.3) is 6.08 Å². The van der Waals surface area contributed by atoms with Crippen LogP contribution in [0.2, 0.25) is 0 Å². The Labute approximate surface area is 216 Å². The Morgan fingerprint density at radius 2 is 1.41 bits per heavy atom. The second-order valence-corrected chi connectivity index (χ2v) is 16.8. The third-order valence-electron chi connectivity index (χ3n) is 6.89. The Hall–Kier alpha value is -3.50. The number of benzene rings is 3. The van der Waals surface area contributed by atoms with E-state index >= 15 is 0 Å². The number of aromatic amines is 1. The molecule has 1 aromatic heterocycles. The van der Waals surface area contributed by atoms with Gasteiger partial charge in [0.25, 0.3) is 0 Å². The van der Waals surface area contributed by atoms with E-state index in [4.69, 9.17) is 4.74 Å². The Morgan fingerprint density at radius 3 is 1.86 bits per heavy atom. The Kier molecular flexibility index (Phi) is 7.39. The number of H-pyrrole nitrogens is 1. The predicted molar refractivity (Wildman–Crippen MR) is 146 cm³/mol. The number of aliphatic hydroxyl groups is 2. The van der Waals surface area contributed by atoms with E-state index < -0.39 is 43.0 Å². The third-order valence-corrected chi connectivity index (χ3v) is 16.1. The van der Waals surface area contributed by atoms with Crippen LogP contribution in [0.1, 0.15) is 18.2 Å². The summed E-state index contributed by atoms with van der Waals surface area (Å²) in [6, 6.07) is 31.0. The van der Waals surface area contributed by atoms with Crippen molar-refractivity contribution >= 4 is 32.5 Å². The van der Waals surface area contributed by atoms with Crippen LogP contribution in [0, 0.1) is 0 Å². The van der Waals surface area contributed by atoms with Gasteiger partial charge >= 0.3 is 217 Å². The van der Waals surface area contributed by atoms with Crippen molar-refractivity contribution in [1.29, 1.82) is 0 Å². The summed E-state index contributed by atoms with van der Waals surface area (Å²) in [6.07, 6.45) is 0.955. The van der Waals surface area contributed by atoms with E-state index in [0.717, 1.165) is 0 Å². The zero-order valence-electron chi connectivity index (χ0n) is 20.1. The number of rotatable bonds is 7. The summed E-state index contributed by atoms with van der Waals surface area (Å²) < 4.78 is 10.6. The van der Waals surface area contributed by atoms with Crippen LogP contribution >= 0.6 is 0 Å². The van der Waals surface area contributed by atoms with Crippen molar-refractivity contribution in [2.45, 2.75) is 24.9 Å². The van der Waals surface area contributed by atoms with E-state index in [-0.39, 0.29) is 13.0 Å². The van der Waals surface area contributed by atoms with Gasteiger partial charge < -0.3 is 0 Å². The van der Waals surface area contributed by atoms with Crippen LogP contribution in [0.4, 0.5) is 0 Å². The summed E-state index contributed by atoms with van der Waals surface area (Å²) in [4.78, 5) is 30.1. The van der Waals surface area contributed by atoms with Gasteiger partial charge in [-0.1, -0.05) is 0 Å². The van der Waals surface area contributed by atoms with Crippen LogP contribution in [-0.4, -0.2) is 51.8 Å². The van der Waals surface area contributed by atoms with Gasteiger partial charge in [-0.25, -0.2) is 0 Å². The predicted octanol–water partition coefficient (Wildman–Crippen LogP) is 0.900. The Balaban J connectivity index is 1.67. The Morgan fingerprint density at radius 1 is 0.892 bits per heavy atom. The molecule has 0 bridgehead atoms. The second-order valence-electron chi connectivity index (χ2n) is 9.11. The maximum absolute atomic E-state index is 12.9. The first kappa shape index (κ1) is 25.2. The molecule has 0 spiro atoms. The molecule has 8 heteroatoms. The van der Waals surface area contributed by atoms with Gasteiger partial charge in [-0.15, -0.1) is 0 Å². The molecule has 2 heterocycles. The molecule has 188 valence electrons. The van der Waals surface area contributed by atoms with Gasteiger partial charge in [0, 0.05) is 0 Å². The molecule has 0 unspecified atom stereocenters. The van der Waals surface area contributed by atoms with Crippen LogP contribution in [0.3, 0.4) is 0 Å². The number of nitrogens with one attached hydrogen (secondary N) is 1. The van der Waals surface area contributed by atoms with Crippen molar-refractivity contribution in [2.75, 3.05) is 6.61 Å². The van der Waals surface area contributed by atoms with Gasteiger partial charge in [0.05, 0.1) is 0 Å². The van der Waals surface area contributed by atoms with E-state index in [0.29, 0.717) is 5.56 Å². The van der Waals surface area contributed by atoms with Gasteiger partial charge in [0.15, 0.2) is 0 Å². The van der Waals surface area contributed by atoms with Crippen molar-refractivity contribution in [3.63, 3.8) is 0 Å². The molecule has 1 saturated heterocycles. The molecule has 1 fully saturated rings. The standard InChI is InChI=1S/C29H28GeN2O5/c33-20-26-25(34)18-27(37-26)32-19-21(28(35)31-29(32)36)16-17-30(22-10-4-1-5-11-22,23-12-6-2-7-13-23)24-14-8-3-9-15-24/h1-17,19,25-27,33-34H,18,20H2,(H,31,35,36)/b17-16+/t25-,26+,27+/m0/s1. The van der Waals surface area contributed by atoms with Gasteiger partial charge in [0.1, 0.15) is 0 Å². The van der Waals surface area contributed by atoms with Crippen molar-refractivity contribution in [3.8, 4) is 0 Å². The molecule has 3 atom stereocenters. The van der Waals surface area contributed by atoms with Crippen LogP contribution < -0.4 is 24.4 Å². The fourth-order valence-electron chi connectivity index (χ4n) is 4.99. The minimum atomic E-state index is -3.45. The van der Waals surface area contributed by atoms with Gasteiger partial charge in [0.2, 0.25) is 0 Å². The normalized spacial score (nSPS) is 19.9. The molecule has 1 aliphatic rings. The quantitative estimate of drug-likeness (QED) is 0.293. The van der Waals surface area contributed by atoms with Crippen molar-refractivity contribution in [2.24, 2.45) is 0 Å². The summed E-state index contributed by atoms with van der Waals surface area (Å²) in [5.74, 6) is 0. The summed E-state index contributed by atoms with van der Waals surface area (Å²) >= 11 is -3.45. The molecule has 0 aliphatic carbocycles. The summed E-state index contributed by atoms with van der Waals surface area (Å²) in [5.41, 5.74) is -0.817. The first-order chi connectivity index (χ1) is 18.0. The third kappa shape index (κ3) is 4.91. The summed E-state index contributed by atoms with van der Waals surface area (Å²) in [6.45, 7) is -0.357. The van der Waals surface area contributed by atoms with Gasteiger partial charge in [-0.3, -0.25) is 0 Å². The fourth-order valence-corrected chi connectivity index (χ4v) is 13.7. The van der Waals surface area contributed by atoms with Crippen molar-refractivity contribution in [3.05, 3.63) is 129 Å². The van der Waals surface area contributed by atoms with E-state index in [1.165, 1.54) is 24.0 Å². The average Bonchev–Trinajstić information content (AvgIpc) is 3.32. The SMILES string of the molecule is O=c1[nH]c(=O)n([C@H]2C[C@H](O)[C@@H](CO)O2)cc1/C=[CH]/[Ge]([c]1ccccc1)([c]1ccccc1)[c]1ccccc1. The molecule has 3 N–H and O–H groups in total. The molecule has 0 radical (unpaired) electrons. The van der Waals surface area contributed by atoms with Crippen LogP contribution in [0.5, 0.6) is 0 Å². The number of hydrogen-bond acceptors (Lipinski definition) is 5. The van der Waals surface area contributed by atoms with Crippen molar-refractivity contribution in [1.82, 2.24) is 9.55 Å². The fraction of sp³-hybridized carbons (Fsp3) is 0.172. The second kappa shape index (κ2) is 10.9. The van der Waals surface area contributed by atoms with Crippen LogP contribution in [-0.2, 0) is 4.74 Å². The van der Waals surface area contributed by atoms with E-state index in [2.05, 4.69) is 46.3 Å². The first-order valence-corrected chi connectivity index (χ1v) is 16.5. The topological polar surface area (TPSA) is 105 Å². The van der Waals surface area contributed by atoms with Crippen LogP contribution in [0.15, 0.2) is 112 Å². The molecular formula is C29H28GeN2O5. The first-order valence-electron chi connectivity index (χ1n) is 12.2. The van der Waals surface area contributed by atoms with Crippen molar-refractivity contribution < 1.29 is 14.9 Å². The molecule has 7 nitrogen and oxygen atoms in total. The van der Waals surface area contributed by atoms with E-state index in [1.807, 2.05) is 54.6 Å². The van der Waals surface area contributed by atoms with Gasteiger partial charge in [-0.05, 0) is 0 Å². The van der Waals surface area contributed by atoms with E-state index in [1.54, 1.807) is 6.08 Å². The maximum atomic E-state index is 12.9. The molecule has 4 aromatic rings. The molecule has 5 rings (SSSR count). The molecule has 1 aliphatic heterocycles. The minimum absolute atomic E-state index is 0.139. The number of aliphatic hydroxyl groups excluding tert-OH is 2. The summed E-state index contributed by atoms with van der Waals surface area (Å²) in [7, 11) is 0.